The fourth-order valence-corrected chi connectivity index (χ4v) is 3.17. The van der Waals surface area contributed by atoms with Gasteiger partial charge in [0.1, 0.15) is 29.2 Å². The van der Waals surface area contributed by atoms with Gasteiger partial charge >= 0.3 is 19.1 Å². The molecule has 1 atom stereocenters. The van der Waals surface area contributed by atoms with Gasteiger partial charge in [0.25, 0.3) is 0 Å². The van der Waals surface area contributed by atoms with E-state index in [1.807, 2.05) is 0 Å². The van der Waals surface area contributed by atoms with Gasteiger partial charge in [-0.2, -0.15) is 0 Å². The van der Waals surface area contributed by atoms with Crippen LogP contribution in [-0.4, -0.2) is 70.3 Å². The van der Waals surface area contributed by atoms with Gasteiger partial charge in [0.2, 0.25) is 5.91 Å². The monoisotopic (exact) mass is 428 g/mol. The Morgan fingerprint density at radius 3 is 2.62 bits per heavy atom. The first-order valence-electron chi connectivity index (χ1n) is 8.93. The second-order valence-electron chi connectivity index (χ2n) is 6.87. The molecule has 1 unspecified atom stereocenters. The number of aliphatic carboxylic acids is 1. The number of amides is 1. The first-order chi connectivity index (χ1) is 13.3. The maximum Gasteiger partial charge on any atom is 0.522 e. The molecule has 2 heterocycles. The van der Waals surface area contributed by atoms with E-state index in [2.05, 4.69) is 0 Å². The maximum absolute atomic E-state index is 12.0. The zero-order chi connectivity index (χ0) is 20.4. The standard InChI is InChI=1S/C17H21BN2O8.ClH/c19-11(16(22)23)2-4-13(21)20-7-10(8-20)27-12-3-1-9-5-6-18(26)28-15(9)14(12)17(24)25;/h1,3,10-11,26H,2,4-8,19H2,(H,22,23)(H,24,25);1H. The average Bonchev–Trinajstić information content (AvgIpc) is 2.60. The lowest BCUT2D eigenvalue weighted by Crippen LogP contribution is -2.56. The summed E-state index contributed by atoms with van der Waals surface area (Å²) in [6, 6.07) is 2.18. The van der Waals surface area contributed by atoms with Crippen LogP contribution in [0.1, 0.15) is 28.8 Å². The molecule has 158 valence electrons. The Hall–Kier alpha value is -2.50. The van der Waals surface area contributed by atoms with Gasteiger partial charge in [0, 0.05) is 6.42 Å². The number of hydrogen-bond acceptors (Lipinski definition) is 7. The zero-order valence-electron chi connectivity index (χ0n) is 15.4. The van der Waals surface area contributed by atoms with E-state index in [0.717, 1.165) is 0 Å². The predicted octanol–water partition coefficient (Wildman–Crippen LogP) is 0.00370. The number of ether oxygens (including phenoxy) is 1. The molecular formula is C17H22BClN2O8. The molecule has 1 aromatic rings. The Morgan fingerprint density at radius 1 is 1.31 bits per heavy atom. The lowest BCUT2D eigenvalue weighted by molar-refractivity contribution is -0.141. The van der Waals surface area contributed by atoms with E-state index in [4.69, 9.17) is 20.2 Å². The topological polar surface area (TPSA) is 160 Å². The SMILES string of the molecule is Cl.NC(CCC(=O)N1CC(Oc2ccc3c(c2C(=O)O)OB(O)CC3)C1)C(=O)O. The molecular weight excluding hydrogens is 406 g/mol. The predicted molar refractivity (Wildman–Crippen MR) is 104 cm³/mol. The summed E-state index contributed by atoms with van der Waals surface area (Å²) in [6.07, 6.45) is 0.565. The van der Waals surface area contributed by atoms with Crippen molar-refractivity contribution in [2.24, 2.45) is 5.73 Å². The second kappa shape index (κ2) is 9.34. The minimum absolute atomic E-state index is 0. The Labute approximate surface area is 173 Å². The number of nitrogens with two attached hydrogens (primary N) is 1. The van der Waals surface area contributed by atoms with E-state index in [1.54, 1.807) is 12.1 Å². The van der Waals surface area contributed by atoms with Gasteiger partial charge in [0.15, 0.2) is 0 Å². The number of likely N-dealkylation sites (tertiary alicyclic amines) is 1. The molecule has 1 fully saturated rings. The zero-order valence-corrected chi connectivity index (χ0v) is 16.3. The highest BCUT2D eigenvalue weighted by atomic mass is 35.5. The molecule has 10 nitrogen and oxygen atoms in total. The summed E-state index contributed by atoms with van der Waals surface area (Å²) in [6.45, 7) is 0.529. The largest absolute Gasteiger partial charge is 0.535 e. The molecule has 1 aromatic carbocycles. The molecule has 0 spiro atoms. The number of carboxylic acids is 2. The molecule has 0 aliphatic carbocycles. The highest BCUT2D eigenvalue weighted by molar-refractivity contribution is 6.44. The fraction of sp³-hybridized carbons (Fsp3) is 0.471. The van der Waals surface area contributed by atoms with Crippen LogP contribution in [0.25, 0.3) is 0 Å². The van der Waals surface area contributed by atoms with E-state index in [9.17, 15) is 24.5 Å². The molecule has 12 heteroatoms. The highest BCUT2D eigenvalue weighted by Crippen LogP contribution is 2.37. The number of nitrogens with zero attached hydrogens (tertiary/aromatic N) is 1. The third-order valence-electron chi connectivity index (χ3n) is 4.81. The number of halogens is 1. The maximum atomic E-state index is 12.0. The summed E-state index contributed by atoms with van der Waals surface area (Å²) in [5, 5.41) is 28.0. The summed E-state index contributed by atoms with van der Waals surface area (Å²) < 4.78 is 11.0. The van der Waals surface area contributed by atoms with Crippen LogP contribution in [0.3, 0.4) is 0 Å². The van der Waals surface area contributed by atoms with Crippen LogP contribution in [0, 0.1) is 0 Å². The van der Waals surface area contributed by atoms with Crippen LogP contribution in [0.4, 0.5) is 0 Å². The minimum atomic E-state index is -1.23. The number of carbonyl (C=O) groups is 3. The molecule has 0 aromatic heterocycles. The summed E-state index contributed by atoms with van der Waals surface area (Å²) in [5.74, 6) is -2.38. The van der Waals surface area contributed by atoms with Gasteiger partial charge in [-0.25, -0.2) is 4.79 Å². The second-order valence-corrected chi connectivity index (χ2v) is 6.87. The molecule has 2 aliphatic heterocycles. The smallest absolute Gasteiger partial charge is 0.522 e. The number of hydrogen-bond donors (Lipinski definition) is 4. The van der Waals surface area contributed by atoms with Crippen molar-refractivity contribution < 1.29 is 39.0 Å². The molecule has 2 aliphatic rings. The number of benzene rings is 1. The number of carbonyl (C=O) groups excluding carboxylic acids is 1. The van der Waals surface area contributed by atoms with Crippen molar-refractivity contribution in [3.8, 4) is 11.5 Å². The van der Waals surface area contributed by atoms with E-state index in [-0.39, 0.29) is 67.4 Å². The van der Waals surface area contributed by atoms with Gasteiger partial charge in [-0.05, 0) is 30.8 Å². The molecule has 0 saturated carbocycles. The summed E-state index contributed by atoms with van der Waals surface area (Å²) in [7, 11) is -1.06. The van der Waals surface area contributed by atoms with Gasteiger partial charge in [-0.3, -0.25) is 9.59 Å². The molecule has 5 N–H and O–H groups in total. The molecule has 3 rings (SSSR count). The van der Waals surface area contributed by atoms with Crippen molar-refractivity contribution in [3.63, 3.8) is 0 Å². The van der Waals surface area contributed by atoms with E-state index >= 15 is 0 Å². The first-order valence-corrected chi connectivity index (χ1v) is 8.93. The van der Waals surface area contributed by atoms with E-state index < -0.39 is 25.1 Å². The Kier molecular flexibility index (Phi) is 7.34. The van der Waals surface area contributed by atoms with Gasteiger partial charge in [-0.1, -0.05) is 6.07 Å². The summed E-state index contributed by atoms with van der Waals surface area (Å²) in [4.78, 5) is 35.9. The van der Waals surface area contributed by atoms with Crippen LogP contribution in [0.2, 0.25) is 6.32 Å². The number of rotatable bonds is 7. The molecule has 0 bridgehead atoms. The third kappa shape index (κ3) is 5.11. The quantitative estimate of drug-likeness (QED) is 0.438. The van der Waals surface area contributed by atoms with Crippen molar-refractivity contribution in [2.75, 3.05) is 13.1 Å². The highest BCUT2D eigenvalue weighted by Gasteiger charge is 2.35. The van der Waals surface area contributed by atoms with Crippen LogP contribution in [-0.2, 0) is 16.0 Å². The fourth-order valence-electron chi connectivity index (χ4n) is 3.17. The molecule has 1 amide bonds. The van der Waals surface area contributed by atoms with Crippen molar-refractivity contribution >= 4 is 37.4 Å². The van der Waals surface area contributed by atoms with Gasteiger partial charge < -0.3 is 35.3 Å². The lowest BCUT2D eigenvalue weighted by atomic mass is 9.78. The van der Waals surface area contributed by atoms with Gasteiger partial charge in [-0.15, -0.1) is 12.4 Å². The van der Waals surface area contributed by atoms with Crippen LogP contribution in [0.5, 0.6) is 11.5 Å². The lowest BCUT2D eigenvalue weighted by Gasteiger charge is -2.39. The number of fused-ring (bicyclic) bond motifs is 1. The summed E-state index contributed by atoms with van der Waals surface area (Å²) in [5.41, 5.74) is 5.93. The van der Waals surface area contributed by atoms with Gasteiger partial charge in [0.05, 0.1) is 13.1 Å². The van der Waals surface area contributed by atoms with E-state index in [1.165, 1.54) is 4.90 Å². The number of aryl methyl sites for hydroxylation is 1. The Bertz CT molecular complexity index is 802. The molecule has 29 heavy (non-hydrogen) atoms. The van der Waals surface area contributed by atoms with Crippen LogP contribution in [0.15, 0.2) is 12.1 Å². The molecule has 1 saturated heterocycles. The van der Waals surface area contributed by atoms with Crippen LogP contribution < -0.4 is 15.1 Å². The Morgan fingerprint density at radius 2 is 2.00 bits per heavy atom. The average molecular weight is 429 g/mol. The minimum Gasteiger partial charge on any atom is -0.535 e. The molecule has 0 radical (unpaired) electrons. The number of aromatic carboxylic acids is 1. The van der Waals surface area contributed by atoms with Crippen molar-refractivity contribution in [3.05, 3.63) is 23.3 Å². The van der Waals surface area contributed by atoms with Crippen molar-refractivity contribution in [2.45, 2.75) is 37.7 Å². The first kappa shape index (κ1) is 22.8. The van der Waals surface area contributed by atoms with Crippen molar-refractivity contribution in [1.29, 1.82) is 0 Å². The summed E-state index contributed by atoms with van der Waals surface area (Å²) >= 11 is 0. The Balaban J connectivity index is 0.00000300. The normalized spacial score (nSPS) is 16.6. The van der Waals surface area contributed by atoms with E-state index in [0.29, 0.717) is 18.3 Å². The number of carboxylic acid groups (broad SMARTS) is 2. The van der Waals surface area contributed by atoms with Crippen molar-refractivity contribution in [1.82, 2.24) is 4.90 Å². The van der Waals surface area contributed by atoms with Crippen LogP contribution >= 0.6 is 12.4 Å². The third-order valence-corrected chi connectivity index (χ3v) is 4.81.